The highest BCUT2D eigenvalue weighted by atomic mass is 16.2. The third kappa shape index (κ3) is 3.22. The van der Waals surface area contributed by atoms with E-state index in [9.17, 15) is 4.79 Å². The van der Waals surface area contributed by atoms with E-state index in [0.717, 1.165) is 26.1 Å². The average Bonchev–Trinajstić information content (AvgIpc) is 2.76. The predicted molar refractivity (Wildman–Crippen MR) is 75.0 cm³/mol. The molecule has 1 aromatic heterocycles. The minimum Gasteiger partial charge on any atom is -0.369 e. The molecule has 1 aromatic rings. The third-order valence-electron chi connectivity index (χ3n) is 3.69. The van der Waals surface area contributed by atoms with Crippen LogP contribution in [0.3, 0.4) is 0 Å². The molecule has 1 N–H and O–H groups in total. The number of nitrogens with one attached hydrogen (secondary N) is 1. The van der Waals surface area contributed by atoms with Crippen molar-refractivity contribution in [2.45, 2.75) is 27.2 Å². The van der Waals surface area contributed by atoms with Gasteiger partial charge in [0.2, 0.25) is 0 Å². The summed E-state index contributed by atoms with van der Waals surface area (Å²) in [4.78, 5) is 22.7. The number of carbonyl (C=O) groups excluding carboxylic acids is 1. The van der Waals surface area contributed by atoms with Crippen molar-refractivity contribution in [3.8, 4) is 0 Å². The highest BCUT2D eigenvalue weighted by molar-refractivity contribution is 5.92. The first-order valence-electron chi connectivity index (χ1n) is 6.97. The van der Waals surface area contributed by atoms with Crippen molar-refractivity contribution < 1.29 is 4.79 Å². The number of aromatic nitrogens is 2. The van der Waals surface area contributed by atoms with E-state index in [4.69, 9.17) is 0 Å². The number of likely N-dealkylation sites (tertiary alicyclic amines) is 1. The molecular formula is C14H22N4O. The Kier molecular flexibility index (Phi) is 4.35. The first-order chi connectivity index (χ1) is 9.11. The summed E-state index contributed by atoms with van der Waals surface area (Å²) in [5, 5.41) is 3.15. The standard InChI is InChI=1S/C14H22N4O/c1-4-5-16-13-7-15-6-12(17-13)14(19)18-8-10(2)11(3)9-18/h6-7,10-11H,4-5,8-9H2,1-3H3,(H,16,17). The van der Waals surface area contributed by atoms with Crippen LogP contribution < -0.4 is 5.32 Å². The Hall–Kier alpha value is -1.65. The molecule has 1 amide bonds. The monoisotopic (exact) mass is 262 g/mol. The molecule has 2 rings (SSSR count). The van der Waals surface area contributed by atoms with Crippen LogP contribution in [0.2, 0.25) is 0 Å². The molecule has 5 nitrogen and oxygen atoms in total. The Labute approximate surface area is 114 Å². The van der Waals surface area contributed by atoms with Crippen molar-refractivity contribution in [2.75, 3.05) is 25.0 Å². The van der Waals surface area contributed by atoms with Crippen LogP contribution in [0.25, 0.3) is 0 Å². The predicted octanol–water partition coefficient (Wildman–Crippen LogP) is 2.03. The topological polar surface area (TPSA) is 58.1 Å². The molecule has 0 radical (unpaired) electrons. The normalized spacial score (nSPS) is 22.6. The van der Waals surface area contributed by atoms with Crippen LogP contribution in [0.15, 0.2) is 12.4 Å². The van der Waals surface area contributed by atoms with E-state index in [1.165, 1.54) is 0 Å². The molecule has 2 heterocycles. The number of anilines is 1. The zero-order valence-electron chi connectivity index (χ0n) is 11.9. The maximum Gasteiger partial charge on any atom is 0.274 e. The van der Waals surface area contributed by atoms with Gasteiger partial charge in [0.25, 0.3) is 5.91 Å². The first-order valence-corrected chi connectivity index (χ1v) is 6.97. The summed E-state index contributed by atoms with van der Waals surface area (Å²) in [6.07, 6.45) is 4.22. The molecule has 2 atom stereocenters. The molecule has 0 saturated carbocycles. The Morgan fingerprint density at radius 3 is 2.68 bits per heavy atom. The van der Waals surface area contributed by atoms with Gasteiger partial charge in [-0.1, -0.05) is 20.8 Å². The minimum absolute atomic E-state index is 0.0103. The second kappa shape index (κ2) is 5.99. The van der Waals surface area contributed by atoms with Gasteiger partial charge in [0.05, 0.1) is 12.4 Å². The van der Waals surface area contributed by atoms with Crippen LogP contribution in [-0.2, 0) is 0 Å². The summed E-state index contributed by atoms with van der Waals surface area (Å²) in [5.74, 6) is 1.77. The third-order valence-corrected chi connectivity index (χ3v) is 3.69. The maximum atomic E-state index is 12.4. The Balaban J connectivity index is 2.07. The lowest BCUT2D eigenvalue weighted by Gasteiger charge is -2.15. The van der Waals surface area contributed by atoms with E-state index in [2.05, 4.69) is 36.1 Å². The number of carbonyl (C=O) groups is 1. The number of amides is 1. The van der Waals surface area contributed by atoms with Gasteiger partial charge in [-0.3, -0.25) is 9.78 Å². The van der Waals surface area contributed by atoms with Gasteiger partial charge >= 0.3 is 0 Å². The molecule has 1 saturated heterocycles. The van der Waals surface area contributed by atoms with Gasteiger partial charge in [-0.25, -0.2) is 4.98 Å². The van der Waals surface area contributed by atoms with Crippen molar-refractivity contribution in [1.82, 2.24) is 14.9 Å². The summed E-state index contributed by atoms with van der Waals surface area (Å²) < 4.78 is 0. The van der Waals surface area contributed by atoms with Crippen LogP contribution in [0.5, 0.6) is 0 Å². The maximum absolute atomic E-state index is 12.4. The lowest BCUT2D eigenvalue weighted by molar-refractivity contribution is 0.0779. The summed E-state index contributed by atoms with van der Waals surface area (Å²) in [6.45, 7) is 8.92. The lowest BCUT2D eigenvalue weighted by Crippen LogP contribution is -2.29. The van der Waals surface area contributed by atoms with Crippen LogP contribution in [-0.4, -0.2) is 40.4 Å². The number of hydrogen-bond donors (Lipinski definition) is 1. The molecule has 0 bridgehead atoms. The largest absolute Gasteiger partial charge is 0.369 e. The van der Waals surface area contributed by atoms with Crippen molar-refractivity contribution in [3.05, 3.63) is 18.1 Å². The molecule has 2 unspecified atom stereocenters. The summed E-state index contributed by atoms with van der Waals surface area (Å²) in [5.41, 5.74) is 0.433. The first kappa shape index (κ1) is 13.8. The van der Waals surface area contributed by atoms with E-state index < -0.39 is 0 Å². The molecule has 104 valence electrons. The smallest absolute Gasteiger partial charge is 0.274 e. The van der Waals surface area contributed by atoms with Gasteiger partial charge < -0.3 is 10.2 Å². The average molecular weight is 262 g/mol. The molecule has 19 heavy (non-hydrogen) atoms. The van der Waals surface area contributed by atoms with E-state index in [1.807, 2.05) is 4.90 Å². The fourth-order valence-corrected chi connectivity index (χ4v) is 2.26. The van der Waals surface area contributed by atoms with Crippen molar-refractivity contribution in [3.63, 3.8) is 0 Å². The van der Waals surface area contributed by atoms with E-state index in [-0.39, 0.29) is 5.91 Å². The Bertz CT molecular complexity index is 439. The molecule has 0 aromatic carbocycles. The zero-order valence-corrected chi connectivity index (χ0v) is 11.9. The molecule has 0 spiro atoms. The fraction of sp³-hybridized carbons (Fsp3) is 0.643. The molecule has 1 aliphatic rings. The summed E-state index contributed by atoms with van der Waals surface area (Å²) in [7, 11) is 0. The molecule has 1 aliphatic heterocycles. The summed E-state index contributed by atoms with van der Waals surface area (Å²) in [6, 6.07) is 0. The minimum atomic E-state index is -0.0103. The van der Waals surface area contributed by atoms with Gasteiger partial charge in [0, 0.05) is 19.6 Å². The van der Waals surface area contributed by atoms with E-state index in [0.29, 0.717) is 23.3 Å². The second-order valence-electron chi connectivity index (χ2n) is 5.38. The van der Waals surface area contributed by atoms with Gasteiger partial charge in [0.15, 0.2) is 0 Å². The number of rotatable bonds is 4. The second-order valence-corrected chi connectivity index (χ2v) is 5.38. The number of hydrogen-bond acceptors (Lipinski definition) is 4. The SMILES string of the molecule is CCCNc1cncc(C(=O)N2CC(C)C(C)C2)n1. The molecule has 0 aliphatic carbocycles. The van der Waals surface area contributed by atoms with Crippen molar-refractivity contribution in [2.24, 2.45) is 11.8 Å². The highest BCUT2D eigenvalue weighted by Gasteiger charge is 2.30. The van der Waals surface area contributed by atoms with Crippen LogP contribution in [0.1, 0.15) is 37.7 Å². The Morgan fingerprint density at radius 1 is 1.37 bits per heavy atom. The van der Waals surface area contributed by atoms with Crippen molar-refractivity contribution in [1.29, 1.82) is 0 Å². The van der Waals surface area contributed by atoms with E-state index in [1.54, 1.807) is 12.4 Å². The quantitative estimate of drug-likeness (QED) is 0.902. The highest BCUT2D eigenvalue weighted by Crippen LogP contribution is 2.23. The van der Waals surface area contributed by atoms with Crippen LogP contribution >= 0.6 is 0 Å². The van der Waals surface area contributed by atoms with Gasteiger partial charge in [-0.15, -0.1) is 0 Å². The van der Waals surface area contributed by atoms with Crippen LogP contribution in [0, 0.1) is 11.8 Å². The lowest BCUT2D eigenvalue weighted by atomic mass is 10.0. The van der Waals surface area contributed by atoms with Gasteiger partial charge in [-0.05, 0) is 18.3 Å². The Morgan fingerprint density at radius 2 is 2.05 bits per heavy atom. The molecule has 1 fully saturated rings. The fourth-order valence-electron chi connectivity index (χ4n) is 2.26. The molecular weight excluding hydrogens is 240 g/mol. The zero-order chi connectivity index (χ0) is 13.8. The van der Waals surface area contributed by atoms with E-state index >= 15 is 0 Å². The van der Waals surface area contributed by atoms with Crippen LogP contribution in [0.4, 0.5) is 5.82 Å². The van der Waals surface area contributed by atoms with Crippen molar-refractivity contribution >= 4 is 11.7 Å². The van der Waals surface area contributed by atoms with Gasteiger partial charge in [0.1, 0.15) is 11.5 Å². The molecule has 5 heteroatoms. The number of nitrogens with zero attached hydrogens (tertiary/aromatic N) is 3. The summed E-state index contributed by atoms with van der Waals surface area (Å²) >= 11 is 0. The van der Waals surface area contributed by atoms with Gasteiger partial charge in [-0.2, -0.15) is 0 Å².